The molecule has 24 heavy (non-hydrogen) atoms. The molecular formula is C17H21FN4O2. The maximum absolute atomic E-state index is 14.0. The minimum absolute atomic E-state index is 0.0468. The number of benzene rings is 1. The third-order valence-corrected chi connectivity index (χ3v) is 4.02. The van der Waals surface area contributed by atoms with Crippen LogP contribution in [0.4, 0.5) is 10.2 Å². The molecule has 2 heterocycles. The van der Waals surface area contributed by atoms with Crippen LogP contribution in [-0.2, 0) is 9.53 Å². The van der Waals surface area contributed by atoms with Gasteiger partial charge in [-0.3, -0.25) is 4.79 Å². The first-order valence-corrected chi connectivity index (χ1v) is 8.11. The lowest BCUT2D eigenvalue weighted by Crippen LogP contribution is -2.48. The highest BCUT2D eigenvalue weighted by Crippen LogP contribution is 2.22. The van der Waals surface area contributed by atoms with Crippen molar-refractivity contribution in [3.8, 4) is 0 Å². The molecule has 0 aliphatic carbocycles. The van der Waals surface area contributed by atoms with Gasteiger partial charge in [-0.1, -0.05) is 6.07 Å². The van der Waals surface area contributed by atoms with Crippen molar-refractivity contribution in [1.29, 1.82) is 0 Å². The van der Waals surface area contributed by atoms with E-state index in [0.29, 0.717) is 42.8 Å². The minimum Gasteiger partial charge on any atom is -0.372 e. The van der Waals surface area contributed by atoms with Crippen LogP contribution in [0.1, 0.15) is 20.3 Å². The topological polar surface area (TPSA) is 67.4 Å². The predicted molar refractivity (Wildman–Crippen MR) is 89.2 cm³/mol. The number of aromatic nitrogens is 2. The van der Waals surface area contributed by atoms with Gasteiger partial charge in [-0.25, -0.2) is 14.4 Å². The number of nitrogens with one attached hydrogen (secondary N) is 1. The second-order valence-corrected chi connectivity index (χ2v) is 6.09. The van der Waals surface area contributed by atoms with E-state index in [9.17, 15) is 9.18 Å². The van der Waals surface area contributed by atoms with E-state index in [1.807, 2.05) is 18.7 Å². The van der Waals surface area contributed by atoms with Gasteiger partial charge in [-0.15, -0.1) is 0 Å². The van der Waals surface area contributed by atoms with Crippen LogP contribution in [0.2, 0.25) is 0 Å². The number of fused-ring (bicyclic) bond motifs is 1. The summed E-state index contributed by atoms with van der Waals surface area (Å²) in [5.74, 6) is 0.0932. The Morgan fingerprint density at radius 2 is 2.08 bits per heavy atom. The van der Waals surface area contributed by atoms with Gasteiger partial charge in [0.05, 0.1) is 23.1 Å². The normalized spacial score (nSPS) is 21.0. The molecule has 128 valence electrons. The number of halogens is 1. The van der Waals surface area contributed by atoms with E-state index in [4.69, 9.17) is 4.74 Å². The Morgan fingerprint density at radius 3 is 2.83 bits per heavy atom. The summed E-state index contributed by atoms with van der Waals surface area (Å²) < 4.78 is 19.6. The third-order valence-electron chi connectivity index (χ3n) is 4.02. The number of ether oxygens (including phenoxy) is 1. The second kappa shape index (κ2) is 7.09. The number of carbonyl (C=O) groups excluding carboxylic acids is 1. The summed E-state index contributed by atoms with van der Waals surface area (Å²) in [4.78, 5) is 22.3. The average molecular weight is 332 g/mol. The fourth-order valence-corrected chi connectivity index (χ4v) is 3.03. The Labute approximate surface area is 140 Å². The van der Waals surface area contributed by atoms with Crippen LogP contribution in [0.25, 0.3) is 10.9 Å². The number of hydrogen-bond acceptors (Lipinski definition) is 5. The fourth-order valence-electron chi connectivity index (χ4n) is 3.03. The fraction of sp³-hybridized carbons (Fsp3) is 0.471. The smallest absolute Gasteiger partial charge is 0.224 e. The Bertz CT molecular complexity index is 724. The maximum Gasteiger partial charge on any atom is 0.224 e. The van der Waals surface area contributed by atoms with E-state index in [2.05, 4.69) is 15.3 Å². The van der Waals surface area contributed by atoms with Crippen molar-refractivity contribution >= 4 is 22.6 Å². The van der Waals surface area contributed by atoms with E-state index in [-0.39, 0.29) is 23.9 Å². The molecule has 7 heteroatoms. The van der Waals surface area contributed by atoms with Gasteiger partial charge >= 0.3 is 0 Å². The van der Waals surface area contributed by atoms with Crippen molar-refractivity contribution < 1.29 is 13.9 Å². The number of rotatable bonds is 4. The van der Waals surface area contributed by atoms with Crippen LogP contribution < -0.4 is 5.32 Å². The molecule has 0 radical (unpaired) electrons. The summed E-state index contributed by atoms with van der Waals surface area (Å²) in [7, 11) is 0. The van der Waals surface area contributed by atoms with Gasteiger partial charge in [-0.05, 0) is 26.0 Å². The zero-order valence-electron chi connectivity index (χ0n) is 13.8. The van der Waals surface area contributed by atoms with Gasteiger partial charge in [0.25, 0.3) is 0 Å². The molecule has 3 rings (SSSR count). The molecule has 1 aliphatic rings. The number of hydrogen-bond donors (Lipinski definition) is 1. The lowest BCUT2D eigenvalue weighted by Gasteiger charge is -2.35. The lowest BCUT2D eigenvalue weighted by molar-refractivity contribution is -0.142. The van der Waals surface area contributed by atoms with E-state index < -0.39 is 0 Å². The van der Waals surface area contributed by atoms with Crippen LogP contribution >= 0.6 is 0 Å². The zero-order valence-corrected chi connectivity index (χ0v) is 13.8. The number of morpholine rings is 1. The summed E-state index contributed by atoms with van der Waals surface area (Å²) in [5.41, 5.74) is 0.537. The molecule has 6 nitrogen and oxygen atoms in total. The monoisotopic (exact) mass is 332 g/mol. The van der Waals surface area contributed by atoms with Gasteiger partial charge in [0.1, 0.15) is 18.0 Å². The second-order valence-electron chi connectivity index (χ2n) is 6.09. The number of carbonyl (C=O) groups is 1. The highest BCUT2D eigenvalue weighted by atomic mass is 19.1. The van der Waals surface area contributed by atoms with Crippen LogP contribution in [0.3, 0.4) is 0 Å². The lowest BCUT2D eigenvalue weighted by atomic mass is 10.2. The molecule has 0 unspecified atom stereocenters. The summed E-state index contributed by atoms with van der Waals surface area (Å²) in [6, 6.07) is 4.71. The molecule has 0 saturated carbocycles. The van der Waals surface area contributed by atoms with Crippen LogP contribution in [0.5, 0.6) is 0 Å². The van der Waals surface area contributed by atoms with Gasteiger partial charge in [0.2, 0.25) is 5.91 Å². The van der Waals surface area contributed by atoms with Crippen molar-refractivity contribution in [2.45, 2.75) is 32.5 Å². The Hall–Kier alpha value is -2.28. The van der Waals surface area contributed by atoms with E-state index in [1.165, 1.54) is 12.4 Å². The molecule has 2 aromatic rings. The third kappa shape index (κ3) is 3.62. The van der Waals surface area contributed by atoms with Crippen molar-refractivity contribution in [1.82, 2.24) is 14.9 Å². The first-order chi connectivity index (χ1) is 11.5. The van der Waals surface area contributed by atoms with Crippen LogP contribution in [-0.4, -0.2) is 52.6 Å². The van der Waals surface area contributed by atoms with Gasteiger partial charge in [0, 0.05) is 26.1 Å². The van der Waals surface area contributed by atoms with E-state index in [1.54, 1.807) is 12.1 Å². The largest absolute Gasteiger partial charge is 0.372 e. The molecule has 1 N–H and O–H groups in total. The molecule has 0 spiro atoms. The number of amides is 1. The molecule has 1 aromatic heterocycles. The first kappa shape index (κ1) is 16.6. The standard InChI is InChI=1S/C17H21FN4O2/c1-11-8-22(9-12(2)24-11)15(23)6-7-19-17-16-13(18)4-3-5-14(16)20-10-21-17/h3-5,10-12H,6-9H2,1-2H3,(H,19,20,21)/t11-,12+. The molecule has 1 saturated heterocycles. The Morgan fingerprint density at radius 1 is 1.33 bits per heavy atom. The van der Waals surface area contributed by atoms with Crippen molar-refractivity contribution in [3.05, 3.63) is 30.3 Å². The maximum atomic E-state index is 14.0. The number of nitrogens with zero attached hydrogens (tertiary/aromatic N) is 3. The molecule has 1 fully saturated rings. The molecular weight excluding hydrogens is 311 g/mol. The zero-order chi connectivity index (χ0) is 17.1. The average Bonchev–Trinajstić information content (AvgIpc) is 2.54. The van der Waals surface area contributed by atoms with Gasteiger partial charge < -0.3 is 15.0 Å². The molecule has 1 aliphatic heterocycles. The summed E-state index contributed by atoms with van der Waals surface area (Å²) in [6.07, 6.45) is 1.80. The van der Waals surface area contributed by atoms with Crippen molar-refractivity contribution in [2.75, 3.05) is 25.0 Å². The molecule has 2 atom stereocenters. The SMILES string of the molecule is C[C@@H]1CN(C(=O)CCNc2ncnc3cccc(F)c23)C[C@H](C)O1. The quantitative estimate of drug-likeness (QED) is 0.930. The summed E-state index contributed by atoms with van der Waals surface area (Å²) >= 11 is 0. The van der Waals surface area contributed by atoms with Crippen molar-refractivity contribution in [3.63, 3.8) is 0 Å². The van der Waals surface area contributed by atoms with Gasteiger partial charge in [-0.2, -0.15) is 0 Å². The molecule has 1 amide bonds. The molecule has 1 aromatic carbocycles. The highest BCUT2D eigenvalue weighted by Gasteiger charge is 2.25. The van der Waals surface area contributed by atoms with Crippen LogP contribution in [0, 0.1) is 5.82 Å². The first-order valence-electron chi connectivity index (χ1n) is 8.11. The summed E-state index contributed by atoms with van der Waals surface area (Å²) in [6.45, 7) is 5.52. The predicted octanol–water partition coefficient (Wildman–Crippen LogP) is 2.21. The number of anilines is 1. The van der Waals surface area contributed by atoms with E-state index >= 15 is 0 Å². The molecule has 0 bridgehead atoms. The highest BCUT2D eigenvalue weighted by molar-refractivity contribution is 5.89. The Kier molecular flexibility index (Phi) is 4.89. The van der Waals surface area contributed by atoms with Crippen LogP contribution in [0.15, 0.2) is 24.5 Å². The van der Waals surface area contributed by atoms with E-state index in [0.717, 1.165) is 0 Å². The minimum atomic E-state index is -0.377. The summed E-state index contributed by atoms with van der Waals surface area (Å²) in [5, 5.41) is 3.40. The van der Waals surface area contributed by atoms with Crippen molar-refractivity contribution in [2.24, 2.45) is 0 Å². The van der Waals surface area contributed by atoms with Gasteiger partial charge in [0.15, 0.2) is 0 Å². The Balaban J connectivity index is 1.62.